The molecule has 2 amide bonds. The molecule has 2 N–H and O–H groups in total. The van der Waals surface area contributed by atoms with Crippen LogP contribution in [0.5, 0.6) is 0 Å². The molecule has 2 aromatic carbocycles. The molecule has 1 heterocycles. The molecule has 0 saturated heterocycles. The highest BCUT2D eigenvalue weighted by Gasteiger charge is 2.05. The zero-order valence-electron chi connectivity index (χ0n) is 14.6. The minimum absolute atomic E-state index is 0.408. The van der Waals surface area contributed by atoms with Crippen LogP contribution in [-0.2, 0) is 6.42 Å². The second-order valence-electron chi connectivity index (χ2n) is 5.55. The van der Waals surface area contributed by atoms with Gasteiger partial charge in [0.2, 0.25) is 0 Å². The van der Waals surface area contributed by atoms with Crippen molar-refractivity contribution in [2.45, 2.75) is 23.3 Å². The molecule has 0 aliphatic carbocycles. The first kappa shape index (κ1) is 19.1. The van der Waals surface area contributed by atoms with Crippen molar-refractivity contribution in [1.82, 2.24) is 5.43 Å². The SMILES string of the molecule is CCc1ccccc1NC(=O)N/N=C/c1ccc(Sc2ccc(Cl)cc2)o1. The molecule has 0 unspecified atom stereocenters. The fraction of sp³-hybridized carbons (Fsp3) is 0.100. The monoisotopic (exact) mass is 399 g/mol. The summed E-state index contributed by atoms with van der Waals surface area (Å²) in [6, 6.07) is 18.4. The fourth-order valence-electron chi connectivity index (χ4n) is 2.33. The number of hydrazone groups is 1. The summed E-state index contributed by atoms with van der Waals surface area (Å²) in [5.74, 6) is 0.542. The number of rotatable bonds is 6. The Balaban J connectivity index is 1.53. The summed E-state index contributed by atoms with van der Waals surface area (Å²) in [7, 11) is 0. The minimum Gasteiger partial charge on any atom is -0.448 e. The lowest BCUT2D eigenvalue weighted by molar-refractivity contribution is 0.252. The molecule has 3 aromatic rings. The van der Waals surface area contributed by atoms with E-state index in [1.165, 1.54) is 18.0 Å². The van der Waals surface area contributed by atoms with Gasteiger partial charge in [-0.15, -0.1) is 0 Å². The predicted molar refractivity (Wildman–Crippen MR) is 110 cm³/mol. The number of halogens is 1. The van der Waals surface area contributed by atoms with Gasteiger partial charge in [0.15, 0.2) is 5.09 Å². The average Bonchev–Trinajstić information content (AvgIpc) is 3.11. The number of nitrogens with zero attached hydrogens (tertiary/aromatic N) is 1. The third-order valence-corrected chi connectivity index (χ3v) is 4.82. The maximum Gasteiger partial charge on any atom is 0.339 e. The van der Waals surface area contributed by atoms with Gasteiger partial charge in [-0.05, 0) is 54.4 Å². The number of aryl methyl sites for hydroxylation is 1. The van der Waals surface area contributed by atoms with Crippen LogP contribution in [0.15, 0.2) is 80.2 Å². The Kier molecular flexibility index (Phi) is 6.57. The van der Waals surface area contributed by atoms with Crippen LogP contribution in [0.3, 0.4) is 0 Å². The Labute approximate surface area is 166 Å². The number of para-hydroxylation sites is 1. The van der Waals surface area contributed by atoms with Gasteiger partial charge in [0.1, 0.15) is 5.76 Å². The topological polar surface area (TPSA) is 66.6 Å². The molecule has 138 valence electrons. The Morgan fingerprint density at radius 2 is 1.93 bits per heavy atom. The number of benzene rings is 2. The molecule has 0 bridgehead atoms. The number of furan rings is 1. The summed E-state index contributed by atoms with van der Waals surface area (Å²) in [6.07, 6.45) is 2.29. The first-order valence-corrected chi connectivity index (χ1v) is 9.54. The molecule has 1 aromatic heterocycles. The molecule has 27 heavy (non-hydrogen) atoms. The van der Waals surface area contributed by atoms with Gasteiger partial charge >= 0.3 is 6.03 Å². The van der Waals surface area contributed by atoms with E-state index in [0.29, 0.717) is 10.8 Å². The molecule has 3 rings (SSSR count). The Morgan fingerprint density at radius 1 is 1.15 bits per heavy atom. The summed E-state index contributed by atoms with van der Waals surface area (Å²) in [5, 5.41) is 8.11. The molecular formula is C20H18ClN3O2S. The first-order valence-electron chi connectivity index (χ1n) is 8.35. The smallest absolute Gasteiger partial charge is 0.339 e. The van der Waals surface area contributed by atoms with Crippen molar-refractivity contribution in [3.8, 4) is 0 Å². The third kappa shape index (κ3) is 5.64. The van der Waals surface area contributed by atoms with E-state index in [1.807, 2.05) is 61.5 Å². The van der Waals surface area contributed by atoms with Gasteiger partial charge in [-0.25, -0.2) is 10.2 Å². The van der Waals surface area contributed by atoms with Crippen LogP contribution in [0.2, 0.25) is 5.02 Å². The lowest BCUT2D eigenvalue weighted by Crippen LogP contribution is -2.24. The quantitative estimate of drug-likeness (QED) is 0.406. The van der Waals surface area contributed by atoms with Crippen molar-refractivity contribution < 1.29 is 9.21 Å². The van der Waals surface area contributed by atoms with Crippen molar-refractivity contribution in [3.63, 3.8) is 0 Å². The number of carbonyl (C=O) groups is 1. The van der Waals surface area contributed by atoms with E-state index >= 15 is 0 Å². The summed E-state index contributed by atoms with van der Waals surface area (Å²) < 4.78 is 5.66. The maximum atomic E-state index is 12.0. The van der Waals surface area contributed by atoms with Gasteiger partial charge in [-0.1, -0.05) is 48.5 Å². The van der Waals surface area contributed by atoms with E-state index in [1.54, 1.807) is 6.07 Å². The highest BCUT2D eigenvalue weighted by atomic mass is 35.5. The maximum absolute atomic E-state index is 12.0. The van der Waals surface area contributed by atoms with Gasteiger partial charge in [-0.3, -0.25) is 0 Å². The van der Waals surface area contributed by atoms with E-state index in [2.05, 4.69) is 15.8 Å². The highest BCUT2D eigenvalue weighted by molar-refractivity contribution is 7.99. The zero-order chi connectivity index (χ0) is 19.1. The summed E-state index contributed by atoms with van der Waals surface area (Å²) in [6.45, 7) is 2.03. The Morgan fingerprint density at radius 3 is 2.70 bits per heavy atom. The number of hydrogen-bond acceptors (Lipinski definition) is 4. The number of carbonyl (C=O) groups excluding carboxylic acids is 1. The van der Waals surface area contributed by atoms with Crippen LogP contribution >= 0.6 is 23.4 Å². The first-order chi connectivity index (χ1) is 13.1. The van der Waals surface area contributed by atoms with Crippen molar-refractivity contribution in [1.29, 1.82) is 0 Å². The normalized spacial score (nSPS) is 10.9. The lowest BCUT2D eigenvalue weighted by atomic mass is 10.1. The molecule has 7 heteroatoms. The van der Waals surface area contributed by atoms with Gasteiger partial charge in [0, 0.05) is 15.6 Å². The number of urea groups is 1. The number of hydrogen-bond donors (Lipinski definition) is 2. The largest absolute Gasteiger partial charge is 0.448 e. The van der Waals surface area contributed by atoms with E-state index in [0.717, 1.165) is 27.7 Å². The molecule has 5 nitrogen and oxygen atoms in total. The minimum atomic E-state index is -0.408. The van der Waals surface area contributed by atoms with E-state index < -0.39 is 6.03 Å². The van der Waals surface area contributed by atoms with Crippen LogP contribution in [0, 0.1) is 0 Å². The fourth-order valence-corrected chi connectivity index (χ4v) is 3.24. The summed E-state index contributed by atoms with van der Waals surface area (Å²) in [5.41, 5.74) is 4.27. The standard InChI is InChI=1S/C20H18ClN3O2S/c1-2-14-5-3-4-6-18(14)23-20(25)24-22-13-16-9-12-19(26-16)27-17-10-7-15(21)8-11-17/h3-13H,2H2,1H3,(H2,23,24,25)/b22-13+. The molecule has 0 aliphatic heterocycles. The van der Waals surface area contributed by atoms with E-state index in [9.17, 15) is 4.79 Å². The second-order valence-corrected chi connectivity index (χ2v) is 7.06. The van der Waals surface area contributed by atoms with Crippen molar-refractivity contribution in [2.75, 3.05) is 5.32 Å². The summed E-state index contributed by atoms with van der Waals surface area (Å²) >= 11 is 7.36. The van der Waals surface area contributed by atoms with Gasteiger partial charge in [-0.2, -0.15) is 5.10 Å². The molecule has 0 spiro atoms. The third-order valence-electron chi connectivity index (χ3n) is 3.64. The average molecular weight is 400 g/mol. The zero-order valence-corrected chi connectivity index (χ0v) is 16.2. The Bertz CT molecular complexity index is 938. The van der Waals surface area contributed by atoms with Crippen LogP contribution in [0.4, 0.5) is 10.5 Å². The molecule has 0 aliphatic rings. The number of nitrogens with one attached hydrogen (secondary N) is 2. The highest BCUT2D eigenvalue weighted by Crippen LogP contribution is 2.29. The second kappa shape index (κ2) is 9.30. The van der Waals surface area contributed by atoms with E-state index in [4.69, 9.17) is 16.0 Å². The van der Waals surface area contributed by atoms with Crippen LogP contribution in [-0.4, -0.2) is 12.2 Å². The summed E-state index contributed by atoms with van der Waals surface area (Å²) in [4.78, 5) is 13.0. The number of amides is 2. The van der Waals surface area contributed by atoms with Gasteiger partial charge in [0.05, 0.1) is 6.21 Å². The van der Waals surface area contributed by atoms with Crippen LogP contribution < -0.4 is 10.7 Å². The number of anilines is 1. The van der Waals surface area contributed by atoms with E-state index in [-0.39, 0.29) is 0 Å². The van der Waals surface area contributed by atoms with Crippen LogP contribution in [0.25, 0.3) is 0 Å². The van der Waals surface area contributed by atoms with Crippen molar-refractivity contribution >= 4 is 41.3 Å². The molecule has 0 fully saturated rings. The Hall–Kier alpha value is -2.70. The van der Waals surface area contributed by atoms with Gasteiger partial charge < -0.3 is 9.73 Å². The molecular weight excluding hydrogens is 382 g/mol. The van der Waals surface area contributed by atoms with Crippen LogP contribution in [0.1, 0.15) is 18.2 Å². The van der Waals surface area contributed by atoms with Gasteiger partial charge in [0.25, 0.3) is 0 Å². The molecule has 0 atom stereocenters. The molecule has 0 saturated carbocycles. The van der Waals surface area contributed by atoms with Crippen molar-refractivity contribution in [3.05, 3.63) is 77.0 Å². The predicted octanol–water partition coefficient (Wildman–Crippen LogP) is 5.80. The van der Waals surface area contributed by atoms with Crippen molar-refractivity contribution in [2.24, 2.45) is 5.10 Å². The molecule has 0 radical (unpaired) electrons. The lowest BCUT2D eigenvalue weighted by Gasteiger charge is -2.08.